The molecule has 0 saturated carbocycles. The number of morpholine rings is 1. The number of amides is 4. The van der Waals surface area contributed by atoms with Gasteiger partial charge in [0, 0.05) is 24.5 Å². The summed E-state index contributed by atoms with van der Waals surface area (Å²) in [5.74, 6) is -0.219. The molecule has 168 valence electrons. The van der Waals surface area contributed by atoms with E-state index in [1.165, 1.54) is 11.3 Å². The number of thiophene rings is 1. The molecule has 3 fully saturated rings. The van der Waals surface area contributed by atoms with Crippen LogP contribution in [0.15, 0.2) is 36.4 Å². The van der Waals surface area contributed by atoms with E-state index in [1.807, 2.05) is 29.2 Å². The van der Waals surface area contributed by atoms with Gasteiger partial charge >= 0.3 is 6.03 Å². The molecule has 1 aromatic carbocycles. The fourth-order valence-electron chi connectivity index (χ4n) is 4.60. The van der Waals surface area contributed by atoms with Crippen molar-refractivity contribution in [1.82, 2.24) is 10.2 Å². The second-order valence-corrected chi connectivity index (χ2v) is 9.81. The zero-order chi connectivity index (χ0) is 22.2. The fourth-order valence-corrected chi connectivity index (χ4v) is 5.55. The van der Waals surface area contributed by atoms with Crippen molar-refractivity contribution in [2.45, 2.75) is 24.9 Å². The van der Waals surface area contributed by atoms with E-state index < -0.39 is 0 Å². The summed E-state index contributed by atoms with van der Waals surface area (Å²) in [6, 6.07) is 10.6. The number of ether oxygens (including phenoxy) is 1. The summed E-state index contributed by atoms with van der Waals surface area (Å²) in [6.07, 6.45) is 1.66. The summed E-state index contributed by atoms with van der Waals surface area (Å²) < 4.78 is 5.76. The van der Waals surface area contributed by atoms with Crippen molar-refractivity contribution in [3.05, 3.63) is 45.6 Å². The van der Waals surface area contributed by atoms with Gasteiger partial charge in [0.05, 0.1) is 34.4 Å². The Kier molecular flexibility index (Phi) is 5.79. The number of halogens is 1. The molecule has 0 unspecified atom stereocenters. The molecule has 3 aliphatic heterocycles. The molecule has 8 nitrogen and oxygen atoms in total. The molecule has 4 heterocycles. The van der Waals surface area contributed by atoms with Crippen LogP contribution >= 0.6 is 22.9 Å². The highest BCUT2D eigenvalue weighted by Gasteiger charge is 2.44. The van der Waals surface area contributed by atoms with E-state index in [2.05, 4.69) is 5.32 Å². The highest BCUT2D eigenvalue weighted by atomic mass is 35.5. The Hall–Kier alpha value is -2.62. The number of urea groups is 1. The maximum atomic E-state index is 13.1. The second-order valence-electron chi connectivity index (χ2n) is 8.09. The van der Waals surface area contributed by atoms with Gasteiger partial charge in [-0.25, -0.2) is 4.79 Å². The summed E-state index contributed by atoms with van der Waals surface area (Å²) in [5, 5.41) is 3.11. The molecule has 3 aliphatic rings. The summed E-state index contributed by atoms with van der Waals surface area (Å²) in [7, 11) is 0. The number of piperidine rings is 1. The number of benzene rings is 1. The Morgan fingerprint density at radius 1 is 1.06 bits per heavy atom. The molecule has 1 aromatic heterocycles. The first-order valence-corrected chi connectivity index (χ1v) is 11.8. The Balaban J connectivity index is 1.30. The number of rotatable bonds is 4. The van der Waals surface area contributed by atoms with Gasteiger partial charge in [0.1, 0.15) is 6.61 Å². The molecular weight excluding hydrogens is 452 g/mol. The smallest absolute Gasteiger partial charge is 0.324 e. The van der Waals surface area contributed by atoms with Crippen molar-refractivity contribution in [2.24, 2.45) is 0 Å². The average Bonchev–Trinajstić information content (AvgIpc) is 3.39. The van der Waals surface area contributed by atoms with Crippen LogP contribution in [0.2, 0.25) is 4.34 Å². The van der Waals surface area contributed by atoms with E-state index in [9.17, 15) is 14.4 Å². The van der Waals surface area contributed by atoms with Gasteiger partial charge in [0.15, 0.2) is 0 Å². The van der Waals surface area contributed by atoms with E-state index >= 15 is 0 Å². The lowest BCUT2D eigenvalue weighted by Gasteiger charge is -2.35. The lowest BCUT2D eigenvalue weighted by atomic mass is 9.97. The van der Waals surface area contributed by atoms with Crippen LogP contribution in [-0.2, 0) is 9.53 Å². The molecule has 0 radical (unpaired) electrons. The fraction of sp³-hybridized carbons (Fsp3) is 0.409. The number of hydrogen-bond acceptors (Lipinski definition) is 5. The number of nitrogens with one attached hydrogen (secondary N) is 1. The first-order valence-electron chi connectivity index (χ1n) is 10.6. The first kappa shape index (κ1) is 21.2. The standard InChI is InChI=1S/C22H23ClN4O4S/c23-19-8-7-18(32-19)21(29)24-16-2-1-9-26-17(16)12-27(22(26)30)15-5-3-14(4-6-15)25-10-11-31-13-20(25)28/h3-8,16-17H,1-2,9-13H2,(H,24,29)/t16-,17-/m1/s1. The molecule has 2 aromatic rings. The van der Waals surface area contributed by atoms with E-state index in [1.54, 1.807) is 21.9 Å². The molecule has 5 rings (SSSR count). The number of hydrogen-bond donors (Lipinski definition) is 1. The topological polar surface area (TPSA) is 82.2 Å². The van der Waals surface area contributed by atoms with Crippen LogP contribution in [0.5, 0.6) is 0 Å². The Bertz CT molecular complexity index is 1040. The van der Waals surface area contributed by atoms with E-state index in [4.69, 9.17) is 16.3 Å². The number of carbonyl (C=O) groups is 3. The van der Waals surface area contributed by atoms with E-state index in [-0.39, 0.29) is 36.5 Å². The second kappa shape index (κ2) is 8.73. The van der Waals surface area contributed by atoms with Crippen LogP contribution < -0.4 is 15.1 Å². The van der Waals surface area contributed by atoms with Crippen molar-refractivity contribution < 1.29 is 19.1 Å². The van der Waals surface area contributed by atoms with Crippen molar-refractivity contribution in [3.63, 3.8) is 0 Å². The van der Waals surface area contributed by atoms with Crippen LogP contribution in [-0.4, -0.2) is 67.7 Å². The summed E-state index contributed by atoms with van der Waals surface area (Å²) in [5.41, 5.74) is 1.58. The van der Waals surface area contributed by atoms with Crippen molar-refractivity contribution in [3.8, 4) is 0 Å². The zero-order valence-corrected chi connectivity index (χ0v) is 18.9. The van der Waals surface area contributed by atoms with Crippen molar-refractivity contribution in [1.29, 1.82) is 0 Å². The normalized spacial score (nSPS) is 23.5. The molecule has 32 heavy (non-hydrogen) atoms. The highest BCUT2D eigenvalue weighted by Crippen LogP contribution is 2.31. The predicted octanol–water partition coefficient (Wildman–Crippen LogP) is 2.97. The van der Waals surface area contributed by atoms with E-state index in [0.29, 0.717) is 35.5 Å². The maximum absolute atomic E-state index is 13.1. The molecule has 3 saturated heterocycles. The third-order valence-corrected chi connectivity index (χ3v) is 7.43. The van der Waals surface area contributed by atoms with Crippen molar-refractivity contribution in [2.75, 3.05) is 42.6 Å². The van der Waals surface area contributed by atoms with Gasteiger partial charge in [0.2, 0.25) is 0 Å². The van der Waals surface area contributed by atoms with Gasteiger partial charge in [-0.2, -0.15) is 0 Å². The van der Waals surface area contributed by atoms with Crippen LogP contribution in [0.1, 0.15) is 22.5 Å². The number of nitrogens with zero attached hydrogens (tertiary/aromatic N) is 3. The predicted molar refractivity (Wildman–Crippen MR) is 123 cm³/mol. The monoisotopic (exact) mass is 474 g/mol. The van der Waals surface area contributed by atoms with Gasteiger partial charge in [-0.3, -0.25) is 14.5 Å². The Morgan fingerprint density at radius 3 is 2.50 bits per heavy atom. The average molecular weight is 475 g/mol. The molecule has 0 aliphatic carbocycles. The summed E-state index contributed by atoms with van der Waals surface area (Å²) >= 11 is 7.21. The molecule has 1 N–H and O–H groups in total. The quantitative estimate of drug-likeness (QED) is 0.738. The Labute approximate surface area is 194 Å². The Morgan fingerprint density at radius 2 is 1.81 bits per heavy atom. The van der Waals surface area contributed by atoms with Gasteiger partial charge in [-0.05, 0) is 49.2 Å². The number of carbonyl (C=O) groups excluding carboxylic acids is 3. The van der Waals surface area contributed by atoms with Gasteiger partial charge in [-0.15, -0.1) is 11.3 Å². The minimum atomic E-state index is -0.154. The molecular formula is C22H23ClN4O4S. The van der Waals surface area contributed by atoms with E-state index in [0.717, 1.165) is 24.2 Å². The minimum absolute atomic E-state index is 0.0525. The van der Waals surface area contributed by atoms with Crippen molar-refractivity contribution >= 4 is 52.2 Å². The van der Waals surface area contributed by atoms with Crippen LogP contribution in [0, 0.1) is 0 Å². The largest absolute Gasteiger partial charge is 0.370 e. The van der Waals surface area contributed by atoms with Gasteiger partial charge in [0.25, 0.3) is 11.8 Å². The number of fused-ring (bicyclic) bond motifs is 1. The lowest BCUT2D eigenvalue weighted by molar-refractivity contribution is -0.125. The first-order chi connectivity index (χ1) is 15.5. The number of anilines is 2. The third-order valence-electron chi connectivity index (χ3n) is 6.20. The molecule has 10 heteroatoms. The third kappa shape index (κ3) is 3.96. The van der Waals surface area contributed by atoms with Crippen LogP contribution in [0.25, 0.3) is 0 Å². The van der Waals surface area contributed by atoms with Gasteiger partial charge in [-0.1, -0.05) is 11.6 Å². The molecule has 2 atom stereocenters. The molecule has 0 bridgehead atoms. The summed E-state index contributed by atoms with van der Waals surface area (Å²) in [4.78, 5) is 43.7. The SMILES string of the molecule is O=C(N[C@@H]1CCCN2C(=O)N(c3ccc(N4CCOCC4=O)cc3)C[C@H]12)c1ccc(Cl)s1. The maximum Gasteiger partial charge on any atom is 0.324 e. The summed E-state index contributed by atoms with van der Waals surface area (Å²) in [6.45, 7) is 2.31. The lowest BCUT2D eigenvalue weighted by Crippen LogP contribution is -2.54. The van der Waals surface area contributed by atoms with Crippen LogP contribution in [0.4, 0.5) is 16.2 Å². The van der Waals surface area contributed by atoms with Gasteiger partial charge < -0.3 is 19.9 Å². The van der Waals surface area contributed by atoms with Crippen LogP contribution in [0.3, 0.4) is 0 Å². The highest BCUT2D eigenvalue weighted by molar-refractivity contribution is 7.18. The zero-order valence-electron chi connectivity index (χ0n) is 17.3. The molecule has 4 amide bonds. The molecule has 0 spiro atoms. The minimum Gasteiger partial charge on any atom is -0.370 e.